The van der Waals surface area contributed by atoms with Crippen molar-refractivity contribution in [3.8, 4) is 0 Å². The number of rotatable bonds is 6. The maximum atomic E-state index is 10.8. The Balaban J connectivity index is 1.38. The van der Waals surface area contributed by atoms with Crippen LogP contribution in [0.3, 0.4) is 0 Å². The lowest BCUT2D eigenvalue weighted by molar-refractivity contribution is -0.376. The van der Waals surface area contributed by atoms with Gasteiger partial charge in [0.25, 0.3) is 0 Å². The first-order chi connectivity index (χ1) is 18.3. The van der Waals surface area contributed by atoms with Crippen LogP contribution in [0.15, 0.2) is 0 Å². The Labute approximate surface area is 222 Å². The summed E-state index contributed by atoms with van der Waals surface area (Å²) in [6.45, 7) is 2.11. The molecule has 0 bridgehead atoms. The molecule has 0 aromatic carbocycles. The SMILES string of the molecule is C[C@@H]1O[C@@H](O[C@@H]2[C@@H](O)[C@H](O[C@@H]3[C@@H](O)[C@@H](O)[C@H](O[C@@H]4[C@@H](O)[C@@H](O)CO[C@H]4O)O[C@H]3C)OC[C@H]2O)[C@H](O)[C@H](O)[C@H]1O. The van der Waals surface area contributed by atoms with Gasteiger partial charge < -0.3 is 84.2 Å². The summed E-state index contributed by atoms with van der Waals surface area (Å²) in [6.07, 6.45) is -26.8. The molecular weight excluding hydrogens is 536 g/mol. The van der Waals surface area contributed by atoms with Crippen molar-refractivity contribution in [2.24, 2.45) is 0 Å². The summed E-state index contributed by atoms with van der Waals surface area (Å²) in [5.41, 5.74) is 0. The fraction of sp³-hybridized carbons (Fsp3) is 1.00. The van der Waals surface area contributed by atoms with Crippen LogP contribution in [-0.4, -0.2) is 175 Å². The molecule has 4 heterocycles. The highest BCUT2D eigenvalue weighted by atomic mass is 16.8. The molecule has 4 aliphatic heterocycles. The van der Waals surface area contributed by atoms with Gasteiger partial charge in [0, 0.05) is 0 Å². The summed E-state index contributed by atoms with van der Waals surface area (Å²) in [6, 6.07) is 0. The van der Waals surface area contributed by atoms with Gasteiger partial charge in [-0.3, -0.25) is 0 Å². The summed E-state index contributed by atoms with van der Waals surface area (Å²) in [4.78, 5) is 0. The maximum absolute atomic E-state index is 10.8. The van der Waals surface area contributed by atoms with Gasteiger partial charge in [-0.05, 0) is 13.8 Å². The average Bonchev–Trinajstić information content (AvgIpc) is 2.90. The van der Waals surface area contributed by atoms with Gasteiger partial charge in [0.2, 0.25) is 0 Å². The summed E-state index contributed by atoms with van der Waals surface area (Å²) in [7, 11) is 0. The van der Waals surface area contributed by atoms with Crippen LogP contribution >= 0.6 is 0 Å². The van der Waals surface area contributed by atoms with Crippen molar-refractivity contribution in [2.75, 3.05) is 13.2 Å². The molecule has 0 aliphatic carbocycles. The number of aliphatic hydroxyl groups excluding tert-OH is 10. The molecule has 4 rings (SSSR count). The van der Waals surface area contributed by atoms with Gasteiger partial charge in [0.15, 0.2) is 25.2 Å². The van der Waals surface area contributed by atoms with E-state index < -0.39 is 117 Å². The van der Waals surface area contributed by atoms with Crippen LogP contribution in [0.4, 0.5) is 0 Å². The van der Waals surface area contributed by atoms with Crippen LogP contribution in [0.1, 0.15) is 13.8 Å². The second kappa shape index (κ2) is 12.7. The lowest BCUT2D eigenvalue weighted by atomic mass is 9.98. The van der Waals surface area contributed by atoms with E-state index >= 15 is 0 Å². The maximum Gasteiger partial charge on any atom is 0.187 e. The lowest BCUT2D eigenvalue weighted by Crippen LogP contribution is -2.65. The average molecular weight is 575 g/mol. The number of ether oxygens (including phenoxy) is 7. The van der Waals surface area contributed by atoms with Gasteiger partial charge in [0.1, 0.15) is 73.2 Å². The van der Waals surface area contributed by atoms with Gasteiger partial charge in [-0.25, -0.2) is 0 Å². The van der Waals surface area contributed by atoms with E-state index in [0.29, 0.717) is 0 Å². The molecule has 4 aliphatic rings. The van der Waals surface area contributed by atoms with Gasteiger partial charge in [-0.1, -0.05) is 0 Å². The summed E-state index contributed by atoms with van der Waals surface area (Å²) >= 11 is 0. The molecule has 17 nitrogen and oxygen atoms in total. The van der Waals surface area contributed by atoms with E-state index in [1.165, 1.54) is 13.8 Å². The second-order valence-corrected chi connectivity index (χ2v) is 10.2. The van der Waals surface area contributed by atoms with Gasteiger partial charge in [-0.2, -0.15) is 0 Å². The zero-order valence-corrected chi connectivity index (χ0v) is 21.1. The zero-order chi connectivity index (χ0) is 28.8. The Bertz CT molecular complexity index is 792. The van der Waals surface area contributed by atoms with E-state index in [4.69, 9.17) is 33.2 Å². The Morgan fingerprint density at radius 3 is 1.67 bits per heavy atom. The van der Waals surface area contributed by atoms with Crippen LogP contribution in [0.2, 0.25) is 0 Å². The van der Waals surface area contributed by atoms with Crippen molar-refractivity contribution in [3.63, 3.8) is 0 Å². The Morgan fingerprint density at radius 1 is 0.462 bits per heavy atom. The van der Waals surface area contributed by atoms with Crippen LogP contribution in [-0.2, 0) is 33.2 Å². The Morgan fingerprint density at radius 2 is 1.00 bits per heavy atom. The number of aliphatic hydroxyl groups is 10. The fourth-order valence-electron chi connectivity index (χ4n) is 4.88. The molecule has 0 saturated carbocycles. The van der Waals surface area contributed by atoms with Gasteiger partial charge in [-0.15, -0.1) is 0 Å². The van der Waals surface area contributed by atoms with Crippen LogP contribution < -0.4 is 0 Å². The molecule has 0 radical (unpaired) electrons. The van der Waals surface area contributed by atoms with Crippen molar-refractivity contribution in [3.05, 3.63) is 0 Å². The van der Waals surface area contributed by atoms with Gasteiger partial charge >= 0.3 is 0 Å². The molecule has 4 saturated heterocycles. The van der Waals surface area contributed by atoms with E-state index in [1.807, 2.05) is 0 Å². The number of hydrogen-bond acceptors (Lipinski definition) is 17. The Hall–Kier alpha value is -0.680. The minimum Gasteiger partial charge on any atom is -0.388 e. The molecule has 0 aromatic rings. The first-order valence-electron chi connectivity index (χ1n) is 12.6. The largest absolute Gasteiger partial charge is 0.388 e. The van der Waals surface area contributed by atoms with Crippen molar-refractivity contribution in [1.82, 2.24) is 0 Å². The molecule has 17 heteroatoms. The number of hydrogen-bond donors (Lipinski definition) is 10. The van der Waals surface area contributed by atoms with E-state index in [9.17, 15) is 51.1 Å². The molecule has 0 aromatic heterocycles. The van der Waals surface area contributed by atoms with Gasteiger partial charge in [0.05, 0.1) is 25.4 Å². The summed E-state index contributed by atoms with van der Waals surface area (Å²) in [5, 5.41) is 102. The third-order valence-electron chi connectivity index (χ3n) is 7.33. The first-order valence-corrected chi connectivity index (χ1v) is 12.6. The second-order valence-electron chi connectivity index (χ2n) is 10.2. The molecule has 0 unspecified atom stereocenters. The standard InChI is InChI=1S/C22H38O17/c1-5-9(25)11(27)13(29)21(35-5)38-17-8(24)4-34-20(15(17)31)37-16-6(2)36-22(14(30)12(16)28)39-18-10(26)7(23)3-33-19(18)32/h5-32H,3-4H2,1-2H3/t5-,6-,7-,8+,9-,10-,11+,12-,13+,14+,15+,16-,17-,18+,19+,20-,21-,22-/m0/s1. The van der Waals surface area contributed by atoms with E-state index in [2.05, 4.69) is 0 Å². The third kappa shape index (κ3) is 6.40. The highest BCUT2D eigenvalue weighted by Gasteiger charge is 2.52. The monoisotopic (exact) mass is 574 g/mol. The minimum absolute atomic E-state index is 0.346. The summed E-state index contributed by atoms with van der Waals surface area (Å²) < 4.78 is 37.8. The van der Waals surface area contributed by atoms with E-state index in [0.717, 1.165) is 0 Å². The van der Waals surface area contributed by atoms with Crippen LogP contribution in [0, 0.1) is 0 Å². The van der Waals surface area contributed by atoms with Crippen molar-refractivity contribution in [1.29, 1.82) is 0 Å². The van der Waals surface area contributed by atoms with E-state index in [-0.39, 0.29) is 6.61 Å². The molecule has 0 spiro atoms. The topological polar surface area (TPSA) is 267 Å². The van der Waals surface area contributed by atoms with Crippen molar-refractivity contribution in [2.45, 2.75) is 124 Å². The van der Waals surface area contributed by atoms with Crippen molar-refractivity contribution < 1.29 is 84.2 Å². The molecule has 0 amide bonds. The first kappa shape index (κ1) is 31.3. The fourth-order valence-corrected chi connectivity index (χ4v) is 4.88. The zero-order valence-electron chi connectivity index (χ0n) is 21.1. The van der Waals surface area contributed by atoms with Crippen LogP contribution in [0.25, 0.3) is 0 Å². The van der Waals surface area contributed by atoms with E-state index in [1.54, 1.807) is 0 Å². The minimum atomic E-state index is -1.79. The molecule has 39 heavy (non-hydrogen) atoms. The predicted molar refractivity (Wildman–Crippen MR) is 119 cm³/mol. The predicted octanol–water partition coefficient (Wildman–Crippen LogP) is -6.42. The third-order valence-corrected chi connectivity index (χ3v) is 7.33. The molecule has 228 valence electrons. The molecule has 10 N–H and O–H groups in total. The van der Waals surface area contributed by atoms with Crippen molar-refractivity contribution >= 4 is 0 Å². The molecule has 18 atom stereocenters. The Kier molecular flexibility index (Phi) is 10.2. The highest BCUT2D eigenvalue weighted by Crippen LogP contribution is 2.32. The highest BCUT2D eigenvalue weighted by molar-refractivity contribution is 4.94. The molecule has 4 fully saturated rings. The smallest absolute Gasteiger partial charge is 0.187 e. The van der Waals surface area contributed by atoms with Crippen LogP contribution in [0.5, 0.6) is 0 Å². The normalized spacial score (nSPS) is 55.4. The molecular formula is C22H38O17. The summed E-state index contributed by atoms with van der Waals surface area (Å²) in [5.74, 6) is 0. The lowest BCUT2D eigenvalue weighted by Gasteiger charge is -2.47. The quantitative estimate of drug-likeness (QED) is 0.141.